The normalized spacial score (nSPS) is 30.2. The zero-order valence-electron chi connectivity index (χ0n) is 16.5. The fraction of sp³-hybridized carbons (Fsp3) is 0.682. The fourth-order valence-corrected chi connectivity index (χ4v) is 5.04. The van der Waals surface area contributed by atoms with Crippen molar-refractivity contribution in [2.45, 2.75) is 85.2 Å². The Morgan fingerprint density at radius 3 is 2.64 bits per heavy atom. The molecule has 1 aliphatic carbocycles. The number of hydrogen-bond donors (Lipinski definition) is 1. The third-order valence-corrected chi connectivity index (χ3v) is 6.91. The molecule has 0 spiro atoms. The van der Waals surface area contributed by atoms with Gasteiger partial charge in [-0.3, -0.25) is 4.79 Å². The van der Waals surface area contributed by atoms with E-state index in [2.05, 4.69) is 34.6 Å². The second-order valence-electron chi connectivity index (χ2n) is 8.94. The van der Waals surface area contributed by atoms with Crippen molar-refractivity contribution in [2.75, 3.05) is 0 Å². The summed E-state index contributed by atoms with van der Waals surface area (Å²) in [5.74, 6) is 1.75. The Balaban J connectivity index is 2.26. The molecule has 1 aliphatic heterocycles. The predicted octanol–water partition coefficient (Wildman–Crippen LogP) is 5.63. The number of benzene rings is 1. The van der Waals surface area contributed by atoms with Crippen LogP contribution in [0, 0.1) is 11.3 Å². The SMILES string of the molecule is CCCc1cc2c(c(O)c1C(C)=O)[C@@H]1CC(C)CC[C@@]1(C)C(C)(C)O2. The summed E-state index contributed by atoms with van der Waals surface area (Å²) in [6.45, 7) is 12.6. The van der Waals surface area contributed by atoms with Crippen LogP contribution in [0.3, 0.4) is 0 Å². The van der Waals surface area contributed by atoms with Crippen LogP contribution in [0.2, 0.25) is 0 Å². The van der Waals surface area contributed by atoms with E-state index in [9.17, 15) is 9.90 Å². The number of aromatic hydroxyl groups is 1. The van der Waals surface area contributed by atoms with E-state index >= 15 is 0 Å². The van der Waals surface area contributed by atoms with Crippen LogP contribution in [0.1, 0.15) is 94.6 Å². The van der Waals surface area contributed by atoms with Crippen molar-refractivity contribution in [3.05, 3.63) is 22.8 Å². The Bertz CT molecular complexity index is 704. The molecule has 0 saturated heterocycles. The first-order valence-electron chi connectivity index (χ1n) is 9.71. The number of phenols is 1. The lowest BCUT2D eigenvalue weighted by molar-refractivity contribution is -0.0845. The summed E-state index contributed by atoms with van der Waals surface area (Å²) in [4.78, 5) is 12.3. The Morgan fingerprint density at radius 1 is 1.36 bits per heavy atom. The number of aryl methyl sites for hydroxylation is 1. The number of rotatable bonds is 3. The molecule has 1 fully saturated rings. The minimum absolute atomic E-state index is 0.0374. The van der Waals surface area contributed by atoms with Gasteiger partial charge < -0.3 is 9.84 Å². The molecular weight excluding hydrogens is 312 g/mol. The van der Waals surface area contributed by atoms with Crippen molar-refractivity contribution >= 4 is 5.78 Å². The quantitative estimate of drug-likeness (QED) is 0.723. The van der Waals surface area contributed by atoms with Crippen LogP contribution in [0.4, 0.5) is 0 Å². The maximum atomic E-state index is 12.3. The van der Waals surface area contributed by atoms with E-state index in [0.717, 1.165) is 42.6 Å². The smallest absolute Gasteiger partial charge is 0.163 e. The van der Waals surface area contributed by atoms with Gasteiger partial charge in [0.1, 0.15) is 17.1 Å². The highest BCUT2D eigenvalue weighted by atomic mass is 16.5. The van der Waals surface area contributed by atoms with Crippen LogP contribution in [0.25, 0.3) is 0 Å². The first-order chi connectivity index (χ1) is 11.6. The number of ketones is 1. The Labute approximate surface area is 151 Å². The molecule has 1 unspecified atom stereocenters. The zero-order valence-corrected chi connectivity index (χ0v) is 16.5. The van der Waals surface area contributed by atoms with Gasteiger partial charge in [0, 0.05) is 16.9 Å². The topological polar surface area (TPSA) is 46.5 Å². The Hall–Kier alpha value is -1.51. The molecule has 1 saturated carbocycles. The van der Waals surface area contributed by atoms with E-state index in [1.807, 2.05) is 6.07 Å². The van der Waals surface area contributed by atoms with Crippen LogP contribution >= 0.6 is 0 Å². The summed E-state index contributed by atoms with van der Waals surface area (Å²) in [6, 6.07) is 2.02. The third kappa shape index (κ3) is 2.67. The van der Waals surface area contributed by atoms with Gasteiger partial charge in [0.2, 0.25) is 0 Å². The first kappa shape index (κ1) is 18.3. The number of carbonyl (C=O) groups is 1. The number of hydrogen-bond acceptors (Lipinski definition) is 3. The Kier molecular flexibility index (Phi) is 4.41. The first-order valence-corrected chi connectivity index (χ1v) is 9.71. The highest BCUT2D eigenvalue weighted by Gasteiger charge is 2.56. The molecule has 1 aromatic carbocycles. The summed E-state index contributed by atoms with van der Waals surface area (Å²) in [5.41, 5.74) is 1.96. The molecule has 0 amide bonds. The fourth-order valence-electron chi connectivity index (χ4n) is 5.04. The van der Waals surface area contributed by atoms with Gasteiger partial charge in [-0.15, -0.1) is 0 Å². The molecular formula is C22H32O3. The molecule has 25 heavy (non-hydrogen) atoms. The highest BCUT2D eigenvalue weighted by molar-refractivity contribution is 5.99. The highest BCUT2D eigenvalue weighted by Crippen LogP contribution is 2.62. The number of ether oxygens (including phenoxy) is 1. The number of carbonyl (C=O) groups excluding carboxylic acids is 1. The average Bonchev–Trinajstić information content (AvgIpc) is 2.49. The predicted molar refractivity (Wildman–Crippen MR) is 101 cm³/mol. The summed E-state index contributed by atoms with van der Waals surface area (Å²) < 4.78 is 6.46. The van der Waals surface area contributed by atoms with E-state index in [4.69, 9.17) is 4.74 Å². The third-order valence-electron chi connectivity index (χ3n) is 6.91. The number of fused-ring (bicyclic) bond motifs is 3. The molecule has 1 heterocycles. The van der Waals surface area contributed by atoms with E-state index in [-0.39, 0.29) is 28.5 Å². The molecule has 3 nitrogen and oxygen atoms in total. The van der Waals surface area contributed by atoms with Gasteiger partial charge in [0.25, 0.3) is 0 Å². The van der Waals surface area contributed by atoms with Crippen LogP contribution < -0.4 is 4.74 Å². The molecule has 0 radical (unpaired) electrons. The summed E-state index contributed by atoms with van der Waals surface area (Å²) in [6.07, 6.45) is 5.01. The summed E-state index contributed by atoms with van der Waals surface area (Å²) in [7, 11) is 0. The van der Waals surface area contributed by atoms with Crippen molar-refractivity contribution in [1.29, 1.82) is 0 Å². The second kappa shape index (κ2) is 6.03. The largest absolute Gasteiger partial charge is 0.507 e. The van der Waals surface area contributed by atoms with Crippen LogP contribution in [0.15, 0.2) is 6.07 Å². The van der Waals surface area contributed by atoms with Gasteiger partial charge in [-0.05, 0) is 57.6 Å². The maximum absolute atomic E-state index is 12.3. The van der Waals surface area contributed by atoms with Gasteiger partial charge >= 0.3 is 0 Å². The molecule has 3 atom stereocenters. The van der Waals surface area contributed by atoms with Gasteiger partial charge in [-0.25, -0.2) is 0 Å². The van der Waals surface area contributed by atoms with Crippen molar-refractivity contribution in [2.24, 2.45) is 11.3 Å². The molecule has 0 aromatic heterocycles. The second-order valence-corrected chi connectivity index (χ2v) is 8.94. The number of Topliss-reactive ketones (excluding diaryl/α,β-unsaturated/α-hetero) is 1. The lowest BCUT2D eigenvalue weighted by Crippen LogP contribution is -2.54. The van der Waals surface area contributed by atoms with Crippen LogP contribution in [-0.4, -0.2) is 16.5 Å². The molecule has 0 bridgehead atoms. The van der Waals surface area contributed by atoms with Gasteiger partial charge in [0.05, 0.1) is 5.56 Å². The van der Waals surface area contributed by atoms with E-state index in [1.54, 1.807) is 6.92 Å². The van der Waals surface area contributed by atoms with Crippen molar-refractivity contribution in [3.8, 4) is 11.5 Å². The monoisotopic (exact) mass is 344 g/mol. The van der Waals surface area contributed by atoms with E-state index in [1.165, 1.54) is 6.42 Å². The van der Waals surface area contributed by atoms with E-state index in [0.29, 0.717) is 11.5 Å². The molecule has 138 valence electrons. The minimum atomic E-state index is -0.293. The number of phenolic OH excluding ortho intramolecular Hbond substituents is 1. The maximum Gasteiger partial charge on any atom is 0.163 e. The molecule has 2 aliphatic rings. The Morgan fingerprint density at radius 2 is 2.04 bits per heavy atom. The molecule has 1 N–H and O–H groups in total. The zero-order chi connectivity index (χ0) is 18.6. The molecule has 1 aromatic rings. The summed E-state index contributed by atoms with van der Waals surface area (Å²) in [5, 5.41) is 11.1. The summed E-state index contributed by atoms with van der Waals surface area (Å²) >= 11 is 0. The van der Waals surface area contributed by atoms with Crippen molar-refractivity contribution in [1.82, 2.24) is 0 Å². The van der Waals surface area contributed by atoms with Crippen LogP contribution in [0.5, 0.6) is 11.5 Å². The molecule has 3 heteroatoms. The minimum Gasteiger partial charge on any atom is -0.507 e. The average molecular weight is 344 g/mol. The lowest BCUT2D eigenvalue weighted by Gasteiger charge is -2.56. The standard InChI is InChI=1S/C22H32O3/c1-7-8-15-12-17-19(20(24)18(15)14(3)23)16-11-13(2)9-10-22(16,6)21(4,5)25-17/h12-13,16,24H,7-11H2,1-6H3/t13?,16-,22+/m0/s1. The van der Waals surface area contributed by atoms with Gasteiger partial charge in [-0.2, -0.15) is 0 Å². The van der Waals surface area contributed by atoms with Gasteiger partial charge in [-0.1, -0.05) is 33.6 Å². The lowest BCUT2D eigenvalue weighted by atomic mass is 9.54. The van der Waals surface area contributed by atoms with E-state index < -0.39 is 0 Å². The van der Waals surface area contributed by atoms with Crippen molar-refractivity contribution < 1.29 is 14.6 Å². The molecule has 3 rings (SSSR count). The van der Waals surface area contributed by atoms with Crippen molar-refractivity contribution in [3.63, 3.8) is 0 Å². The van der Waals surface area contributed by atoms with Crippen LogP contribution in [-0.2, 0) is 6.42 Å². The van der Waals surface area contributed by atoms with Gasteiger partial charge in [0.15, 0.2) is 5.78 Å².